The van der Waals surface area contributed by atoms with Gasteiger partial charge in [-0.05, 0) is 25.7 Å². The molecule has 18 heavy (non-hydrogen) atoms. The van der Waals surface area contributed by atoms with Crippen molar-refractivity contribution in [3.05, 3.63) is 0 Å². The number of guanidine groups is 1. The van der Waals surface area contributed by atoms with Crippen molar-refractivity contribution in [1.82, 2.24) is 10.6 Å². The third-order valence-corrected chi connectivity index (χ3v) is 3.67. The second kappa shape index (κ2) is 7.49. The molecule has 1 saturated carbocycles. The Morgan fingerprint density at radius 1 is 1.44 bits per heavy atom. The van der Waals surface area contributed by atoms with Crippen LogP contribution in [0.3, 0.4) is 0 Å². The standard InChI is InChI=1S/C12H23N3O2.HI/c1-13-11(14-7-10-3-6-17-8-10)15-9-12(16)4-2-5-12;/h10,16H,2-9H2,1H3,(H2,13,14,15);1H. The summed E-state index contributed by atoms with van der Waals surface area (Å²) in [7, 11) is 1.76. The second-order valence-corrected chi connectivity index (χ2v) is 5.11. The summed E-state index contributed by atoms with van der Waals surface area (Å²) in [5.41, 5.74) is -0.506. The van der Waals surface area contributed by atoms with Crippen molar-refractivity contribution in [3.8, 4) is 0 Å². The number of halogens is 1. The summed E-state index contributed by atoms with van der Waals surface area (Å²) in [4.78, 5) is 4.15. The number of rotatable bonds is 4. The molecule has 5 nitrogen and oxygen atoms in total. The van der Waals surface area contributed by atoms with E-state index >= 15 is 0 Å². The number of nitrogens with zero attached hydrogens (tertiary/aromatic N) is 1. The first kappa shape index (κ1) is 16.0. The molecule has 0 aromatic rings. The third-order valence-electron chi connectivity index (χ3n) is 3.67. The molecule has 0 bridgehead atoms. The smallest absolute Gasteiger partial charge is 0.191 e. The highest BCUT2D eigenvalue weighted by Crippen LogP contribution is 2.30. The molecule has 2 fully saturated rings. The van der Waals surface area contributed by atoms with Crippen molar-refractivity contribution in [2.24, 2.45) is 10.9 Å². The van der Waals surface area contributed by atoms with Crippen LogP contribution in [0.4, 0.5) is 0 Å². The van der Waals surface area contributed by atoms with E-state index in [-0.39, 0.29) is 24.0 Å². The molecule has 106 valence electrons. The van der Waals surface area contributed by atoms with E-state index in [2.05, 4.69) is 15.6 Å². The molecular formula is C12H24IN3O2. The van der Waals surface area contributed by atoms with E-state index in [1.165, 1.54) is 0 Å². The Bertz CT molecular complexity index is 276. The molecular weight excluding hydrogens is 345 g/mol. The van der Waals surface area contributed by atoms with Crippen LogP contribution < -0.4 is 10.6 Å². The van der Waals surface area contributed by atoms with Gasteiger partial charge >= 0.3 is 0 Å². The van der Waals surface area contributed by atoms with E-state index in [9.17, 15) is 5.11 Å². The fourth-order valence-electron chi connectivity index (χ4n) is 2.22. The van der Waals surface area contributed by atoms with Crippen molar-refractivity contribution < 1.29 is 9.84 Å². The molecule has 1 unspecified atom stereocenters. The first-order valence-corrected chi connectivity index (χ1v) is 6.46. The zero-order chi connectivity index (χ0) is 12.1. The average Bonchev–Trinajstić information content (AvgIpc) is 2.80. The summed E-state index contributed by atoms with van der Waals surface area (Å²) in [6, 6.07) is 0. The Labute approximate surface area is 126 Å². The largest absolute Gasteiger partial charge is 0.388 e. The Morgan fingerprint density at radius 3 is 2.72 bits per heavy atom. The molecule has 2 aliphatic rings. The van der Waals surface area contributed by atoms with Gasteiger partial charge in [-0.2, -0.15) is 0 Å². The summed E-state index contributed by atoms with van der Waals surface area (Å²) in [5, 5.41) is 16.4. The van der Waals surface area contributed by atoms with Crippen molar-refractivity contribution in [3.63, 3.8) is 0 Å². The molecule has 0 aromatic heterocycles. The van der Waals surface area contributed by atoms with Crippen molar-refractivity contribution in [2.45, 2.75) is 31.3 Å². The number of hydrogen-bond acceptors (Lipinski definition) is 3. The molecule has 1 heterocycles. The highest BCUT2D eigenvalue weighted by atomic mass is 127. The topological polar surface area (TPSA) is 65.9 Å². The van der Waals surface area contributed by atoms with Crippen molar-refractivity contribution >= 4 is 29.9 Å². The monoisotopic (exact) mass is 369 g/mol. The first-order valence-electron chi connectivity index (χ1n) is 6.46. The Kier molecular flexibility index (Phi) is 6.65. The Balaban J connectivity index is 0.00000162. The third kappa shape index (κ3) is 4.55. The molecule has 1 aliphatic heterocycles. The summed E-state index contributed by atoms with van der Waals surface area (Å²) in [5.74, 6) is 1.36. The van der Waals surface area contributed by atoms with Gasteiger partial charge in [0.2, 0.25) is 0 Å². The van der Waals surface area contributed by atoms with Crippen molar-refractivity contribution in [2.75, 3.05) is 33.4 Å². The molecule has 0 radical (unpaired) electrons. The molecule has 2 rings (SSSR count). The van der Waals surface area contributed by atoms with Crippen LogP contribution in [0.2, 0.25) is 0 Å². The van der Waals surface area contributed by atoms with Crippen LogP contribution >= 0.6 is 24.0 Å². The summed E-state index contributed by atoms with van der Waals surface area (Å²) in [6.45, 7) is 3.19. The average molecular weight is 369 g/mol. The fourth-order valence-corrected chi connectivity index (χ4v) is 2.22. The minimum atomic E-state index is -0.506. The first-order chi connectivity index (χ1) is 8.22. The molecule has 0 aromatic carbocycles. The lowest BCUT2D eigenvalue weighted by Gasteiger charge is -2.37. The lowest BCUT2D eigenvalue weighted by molar-refractivity contribution is -0.0279. The van der Waals surface area contributed by atoms with Gasteiger partial charge in [-0.3, -0.25) is 4.99 Å². The van der Waals surface area contributed by atoms with E-state index in [4.69, 9.17) is 4.74 Å². The number of ether oxygens (including phenoxy) is 1. The maximum Gasteiger partial charge on any atom is 0.191 e. The van der Waals surface area contributed by atoms with Gasteiger partial charge < -0.3 is 20.5 Å². The van der Waals surface area contributed by atoms with Gasteiger partial charge in [0.25, 0.3) is 0 Å². The van der Waals surface area contributed by atoms with E-state index in [1.807, 2.05) is 0 Å². The lowest BCUT2D eigenvalue weighted by Crippen LogP contribution is -2.51. The number of aliphatic imine (C=N–C) groups is 1. The van der Waals surface area contributed by atoms with Crippen LogP contribution in [0.5, 0.6) is 0 Å². The van der Waals surface area contributed by atoms with Gasteiger partial charge in [-0.15, -0.1) is 24.0 Å². The van der Waals surface area contributed by atoms with Crippen LogP contribution in [0.15, 0.2) is 4.99 Å². The van der Waals surface area contributed by atoms with Gasteiger partial charge in [-0.1, -0.05) is 0 Å². The molecule has 3 N–H and O–H groups in total. The van der Waals surface area contributed by atoms with Gasteiger partial charge in [0, 0.05) is 32.7 Å². The predicted octanol–water partition coefficient (Wildman–Crippen LogP) is 0.721. The highest BCUT2D eigenvalue weighted by molar-refractivity contribution is 14.0. The zero-order valence-electron chi connectivity index (χ0n) is 10.9. The summed E-state index contributed by atoms with van der Waals surface area (Å²) >= 11 is 0. The van der Waals surface area contributed by atoms with Crippen LogP contribution in [0.25, 0.3) is 0 Å². The molecule has 6 heteroatoms. The quantitative estimate of drug-likeness (QED) is 0.388. The Morgan fingerprint density at radius 2 is 2.22 bits per heavy atom. The summed E-state index contributed by atoms with van der Waals surface area (Å²) < 4.78 is 5.32. The minimum absolute atomic E-state index is 0. The Hall–Kier alpha value is -0.0800. The van der Waals surface area contributed by atoms with Crippen LogP contribution in [-0.2, 0) is 4.74 Å². The van der Waals surface area contributed by atoms with E-state index in [0.29, 0.717) is 12.5 Å². The van der Waals surface area contributed by atoms with Gasteiger partial charge in [0.15, 0.2) is 5.96 Å². The molecule has 1 atom stereocenters. The predicted molar refractivity (Wildman–Crippen MR) is 82.5 cm³/mol. The fraction of sp³-hybridized carbons (Fsp3) is 0.917. The molecule has 0 amide bonds. The minimum Gasteiger partial charge on any atom is -0.388 e. The zero-order valence-corrected chi connectivity index (χ0v) is 13.3. The second-order valence-electron chi connectivity index (χ2n) is 5.11. The number of nitrogens with one attached hydrogen (secondary N) is 2. The van der Waals surface area contributed by atoms with Crippen LogP contribution in [0, 0.1) is 5.92 Å². The maximum atomic E-state index is 9.97. The van der Waals surface area contributed by atoms with Gasteiger partial charge in [0.1, 0.15) is 0 Å². The van der Waals surface area contributed by atoms with Gasteiger partial charge in [-0.25, -0.2) is 0 Å². The molecule has 0 spiro atoms. The number of aliphatic hydroxyl groups is 1. The van der Waals surface area contributed by atoms with Crippen molar-refractivity contribution in [1.29, 1.82) is 0 Å². The van der Waals surface area contributed by atoms with Crippen LogP contribution in [0.1, 0.15) is 25.7 Å². The SMILES string of the molecule is CN=C(NCC1CCOC1)NCC1(O)CCC1.I. The highest BCUT2D eigenvalue weighted by Gasteiger charge is 2.34. The van der Waals surface area contributed by atoms with Gasteiger partial charge in [0.05, 0.1) is 12.2 Å². The van der Waals surface area contributed by atoms with E-state index in [0.717, 1.165) is 51.4 Å². The molecule has 1 saturated heterocycles. The number of hydrogen-bond donors (Lipinski definition) is 3. The van der Waals surface area contributed by atoms with E-state index in [1.54, 1.807) is 7.05 Å². The summed E-state index contributed by atoms with van der Waals surface area (Å²) in [6.07, 6.45) is 4.04. The molecule has 1 aliphatic carbocycles. The van der Waals surface area contributed by atoms with Crippen LogP contribution in [-0.4, -0.2) is 50.0 Å². The normalized spacial score (nSPS) is 26.1. The lowest BCUT2D eigenvalue weighted by atomic mass is 9.80. The maximum absolute atomic E-state index is 9.97. The van der Waals surface area contributed by atoms with E-state index < -0.39 is 5.60 Å².